The molecule has 3 heterocycles. The number of ether oxygens (including phenoxy) is 2. The van der Waals surface area contributed by atoms with Gasteiger partial charge in [0.05, 0.1) is 23.1 Å². The summed E-state index contributed by atoms with van der Waals surface area (Å²) >= 11 is 13.1. The van der Waals surface area contributed by atoms with E-state index in [-0.39, 0.29) is 5.91 Å². The predicted octanol–water partition coefficient (Wildman–Crippen LogP) is 3.03. The van der Waals surface area contributed by atoms with Gasteiger partial charge in [0, 0.05) is 25.9 Å². The Bertz CT molecular complexity index is 489. The van der Waals surface area contributed by atoms with E-state index >= 15 is 0 Å². The third kappa shape index (κ3) is 2.62. The van der Waals surface area contributed by atoms with Crippen LogP contribution in [0.2, 0.25) is 8.67 Å². The van der Waals surface area contributed by atoms with Crippen molar-refractivity contribution >= 4 is 40.4 Å². The average Bonchev–Trinajstić information content (AvgIpc) is 2.97. The first-order valence-electron chi connectivity index (χ1n) is 6.12. The van der Waals surface area contributed by atoms with Crippen molar-refractivity contribution in [1.29, 1.82) is 0 Å². The number of hydrogen-bond donors (Lipinski definition) is 0. The fourth-order valence-corrected chi connectivity index (χ4v) is 3.94. The van der Waals surface area contributed by atoms with E-state index in [9.17, 15) is 4.79 Å². The maximum atomic E-state index is 12.3. The Morgan fingerprint density at radius 3 is 2.42 bits per heavy atom. The van der Waals surface area contributed by atoms with Crippen LogP contribution in [0.4, 0.5) is 0 Å². The molecule has 0 bridgehead atoms. The van der Waals surface area contributed by atoms with Gasteiger partial charge in [-0.05, 0) is 6.07 Å². The van der Waals surface area contributed by atoms with Gasteiger partial charge in [0.2, 0.25) is 0 Å². The molecule has 1 amide bonds. The fourth-order valence-electron chi connectivity index (χ4n) is 2.49. The van der Waals surface area contributed by atoms with E-state index in [0.29, 0.717) is 53.4 Å². The molecule has 0 radical (unpaired) electrons. The summed E-state index contributed by atoms with van der Waals surface area (Å²) in [5.74, 6) is -0.534. The van der Waals surface area contributed by atoms with Crippen LogP contribution in [-0.4, -0.2) is 42.9 Å². The Balaban J connectivity index is 1.68. The third-order valence-corrected chi connectivity index (χ3v) is 5.00. The summed E-state index contributed by atoms with van der Waals surface area (Å²) in [4.78, 5) is 14.1. The number of thiophene rings is 1. The zero-order valence-electron chi connectivity index (χ0n) is 10.2. The topological polar surface area (TPSA) is 38.8 Å². The van der Waals surface area contributed by atoms with Crippen molar-refractivity contribution in [3.8, 4) is 0 Å². The minimum absolute atomic E-state index is 0.0685. The third-order valence-electron chi connectivity index (χ3n) is 3.51. The summed E-state index contributed by atoms with van der Waals surface area (Å²) in [6.45, 7) is 2.51. The van der Waals surface area contributed by atoms with E-state index in [1.807, 2.05) is 0 Å². The summed E-state index contributed by atoms with van der Waals surface area (Å²) in [7, 11) is 0. The maximum Gasteiger partial charge on any atom is 0.256 e. The molecule has 0 aromatic carbocycles. The SMILES string of the molecule is O=C(c1cc(Cl)sc1Cl)N1CCC2(CC1)OCCO2. The maximum absolute atomic E-state index is 12.3. The summed E-state index contributed by atoms with van der Waals surface area (Å²) in [6.07, 6.45) is 1.41. The number of rotatable bonds is 1. The molecule has 2 aliphatic heterocycles. The lowest BCUT2D eigenvalue weighted by Gasteiger charge is -2.37. The van der Waals surface area contributed by atoms with Gasteiger partial charge in [0.15, 0.2) is 5.79 Å². The molecule has 1 spiro atoms. The molecular formula is C12H13Cl2NO3S. The molecule has 2 fully saturated rings. The van der Waals surface area contributed by atoms with Gasteiger partial charge in [0.1, 0.15) is 4.34 Å². The van der Waals surface area contributed by atoms with Crippen molar-refractivity contribution in [2.45, 2.75) is 18.6 Å². The van der Waals surface area contributed by atoms with E-state index in [2.05, 4.69) is 0 Å². The zero-order chi connectivity index (χ0) is 13.5. The molecule has 0 saturated carbocycles. The second-order valence-electron chi connectivity index (χ2n) is 4.64. The van der Waals surface area contributed by atoms with E-state index < -0.39 is 5.79 Å². The van der Waals surface area contributed by atoms with Gasteiger partial charge >= 0.3 is 0 Å². The van der Waals surface area contributed by atoms with Crippen molar-refractivity contribution in [3.05, 3.63) is 20.3 Å². The molecule has 4 nitrogen and oxygen atoms in total. The van der Waals surface area contributed by atoms with Gasteiger partial charge in [-0.1, -0.05) is 23.2 Å². The number of amides is 1. The Labute approximate surface area is 125 Å². The van der Waals surface area contributed by atoms with E-state index in [1.165, 1.54) is 11.3 Å². The van der Waals surface area contributed by atoms with Crippen LogP contribution in [0.25, 0.3) is 0 Å². The molecule has 0 N–H and O–H groups in total. The second-order valence-corrected chi connectivity index (χ2v) is 6.92. The van der Waals surface area contributed by atoms with Crippen LogP contribution in [0.3, 0.4) is 0 Å². The molecule has 0 atom stereocenters. The summed E-state index contributed by atoms with van der Waals surface area (Å²) in [5, 5.41) is 0. The first kappa shape index (κ1) is 13.6. The molecule has 2 saturated heterocycles. The molecule has 1 aromatic heterocycles. The van der Waals surface area contributed by atoms with Crippen molar-refractivity contribution in [2.75, 3.05) is 26.3 Å². The van der Waals surface area contributed by atoms with Gasteiger partial charge < -0.3 is 14.4 Å². The minimum Gasteiger partial charge on any atom is -0.347 e. The highest BCUT2D eigenvalue weighted by Crippen LogP contribution is 2.35. The molecule has 7 heteroatoms. The average molecular weight is 322 g/mol. The van der Waals surface area contributed by atoms with Gasteiger partial charge in [-0.3, -0.25) is 4.79 Å². The van der Waals surface area contributed by atoms with E-state index in [0.717, 1.165) is 0 Å². The lowest BCUT2D eigenvalue weighted by Crippen LogP contribution is -2.47. The molecule has 19 heavy (non-hydrogen) atoms. The van der Waals surface area contributed by atoms with Gasteiger partial charge in [-0.15, -0.1) is 11.3 Å². The van der Waals surface area contributed by atoms with Crippen LogP contribution < -0.4 is 0 Å². The number of hydrogen-bond acceptors (Lipinski definition) is 4. The Morgan fingerprint density at radius 2 is 1.89 bits per heavy atom. The highest BCUT2D eigenvalue weighted by atomic mass is 35.5. The zero-order valence-corrected chi connectivity index (χ0v) is 12.5. The quantitative estimate of drug-likeness (QED) is 0.798. The van der Waals surface area contributed by atoms with Crippen molar-refractivity contribution in [2.24, 2.45) is 0 Å². The Kier molecular flexibility index (Phi) is 3.75. The van der Waals surface area contributed by atoms with Crippen molar-refractivity contribution in [3.63, 3.8) is 0 Å². The number of likely N-dealkylation sites (tertiary alicyclic amines) is 1. The molecule has 2 aliphatic rings. The molecule has 0 aliphatic carbocycles. The van der Waals surface area contributed by atoms with E-state index in [4.69, 9.17) is 32.7 Å². The van der Waals surface area contributed by atoms with Crippen LogP contribution in [0.1, 0.15) is 23.2 Å². The number of carbonyl (C=O) groups is 1. The first-order valence-corrected chi connectivity index (χ1v) is 7.69. The van der Waals surface area contributed by atoms with Crippen LogP contribution in [0, 0.1) is 0 Å². The normalized spacial score (nSPS) is 22.1. The second kappa shape index (κ2) is 5.22. The fraction of sp³-hybridized carbons (Fsp3) is 0.583. The Morgan fingerprint density at radius 1 is 1.26 bits per heavy atom. The summed E-state index contributed by atoms with van der Waals surface area (Å²) < 4.78 is 12.3. The smallest absolute Gasteiger partial charge is 0.256 e. The summed E-state index contributed by atoms with van der Waals surface area (Å²) in [6, 6.07) is 1.63. The number of halogens is 2. The monoisotopic (exact) mass is 321 g/mol. The molecule has 3 rings (SSSR count). The van der Waals surface area contributed by atoms with E-state index in [1.54, 1.807) is 11.0 Å². The van der Waals surface area contributed by atoms with Crippen LogP contribution >= 0.6 is 34.5 Å². The van der Waals surface area contributed by atoms with Crippen LogP contribution in [-0.2, 0) is 9.47 Å². The molecule has 1 aromatic rings. The van der Waals surface area contributed by atoms with Gasteiger partial charge in [-0.2, -0.15) is 0 Å². The predicted molar refractivity (Wildman–Crippen MR) is 74.1 cm³/mol. The Hall–Kier alpha value is -0.330. The number of nitrogens with zero attached hydrogens (tertiary/aromatic N) is 1. The van der Waals surface area contributed by atoms with Crippen molar-refractivity contribution < 1.29 is 14.3 Å². The minimum atomic E-state index is -0.465. The van der Waals surface area contributed by atoms with Gasteiger partial charge in [0.25, 0.3) is 5.91 Å². The lowest BCUT2D eigenvalue weighted by atomic mass is 10.0. The highest BCUT2D eigenvalue weighted by molar-refractivity contribution is 7.20. The van der Waals surface area contributed by atoms with Crippen molar-refractivity contribution in [1.82, 2.24) is 4.90 Å². The molecular weight excluding hydrogens is 309 g/mol. The highest BCUT2D eigenvalue weighted by Gasteiger charge is 2.41. The number of piperidine rings is 1. The summed E-state index contributed by atoms with van der Waals surface area (Å²) in [5.41, 5.74) is 0.487. The molecule has 0 unspecified atom stereocenters. The standard InChI is InChI=1S/C12H13Cl2NO3S/c13-9-7-8(10(14)19-9)11(16)15-3-1-12(2-4-15)17-5-6-18-12/h7H,1-6H2. The molecule has 104 valence electrons. The number of carbonyl (C=O) groups excluding carboxylic acids is 1. The lowest BCUT2D eigenvalue weighted by molar-refractivity contribution is -0.181. The van der Waals surface area contributed by atoms with Gasteiger partial charge in [-0.25, -0.2) is 0 Å². The first-order chi connectivity index (χ1) is 9.10. The van der Waals surface area contributed by atoms with Crippen LogP contribution in [0.15, 0.2) is 6.07 Å². The van der Waals surface area contributed by atoms with Crippen LogP contribution in [0.5, 0.6) is 0 Å². The largest absolute Gasteiger partial charge is 0.347 e.